The molecule has 1 aliphatic heterocycles. The van der Waals surface area contributed by atoms with E-state index in [1.165, 1.54) is 6.07 Å². The summed E-state index contributed by atoms with van der Waals surface area (Å²) >= 11 is 0. The van der Waals surface area contributed by atoms with Gasteiger partial charge >= 0.3 is 0 Å². The van der Waals surface area contributed by atoms with Crippen LogP contribution in [-0.4, -0.2) is 24.9 Å². The van der Waals surface area contributed by atoms with Crippen molar-refractivity contribution in [3.8, 4) is 0 Å². The van der Waals surface area contributed by atoms with Gasteiger partial charge in [0.25, 0.3) is 0 Å². The number of nitrogens with two attached hydrogens (primary N) is 1. The predicted octanol–water partition coefficient (Wildman–Crippen LogP) is 0.618. The molecule has 2 atom stereocenters. The van der Waals surface area contributed by atoms with Gasteiger partial charge in [-0.05, 0) is 6.07 Å². The Morgan fingerprint density at radius 1 is 1.53 bits per heavy atom. The molecule has 2 rings (SSSR count). The Morgan fingerprint density at radius 3 is 2.93 bits per heavy atom. The van der Waals surface area contributed by atoms with E-state index < -0.39 is 5.54 Å². The van der Waals surface area contributed by atoms with Crippen molar-refractivity contribution >= 4 is 0 Å². The SMILES string of the molecule is NC1(c2ccccc2F)COCC1CO. The summed E-state index contributed by atoms with van der Waals surface area (Å²) < 4.78 is 18.8. The fourth-order valence-corrected chi connectivity index (χ4v) is 1.99. The molecule has 2 unspecified atom stereocenters. The zero-order valence-corrected chi connectivity index (χ0v) is 8.32. The Balaban J connectivity index is 2.40. The lowest BCUT2D eigenvalue weighted by atomic mass is 9.82. The highest BCUT2D eigenvalue weighted by molar-refractivity contribution is 5.28. The largest absolute Gasteiger partial charge is 0.396 e. The summed E-state index contributed by atoms with van der Waals surface area (Å²) in [7, 11) is 0. The van der Waals surface area contributed by atoms with E-state index in [-0.39, 0.29) is 24.9 Å². The third kappa shape index (κ3) is 1.65. The molecule has 82 valence electrons. The van der Waals surface area contributed by atoms with Gasteiger partial charge in [-0.2, -0.15) is 0 Å². The molecule has 1 aromatic rings. The maximum Gasteiger partial charge on any atom is 0.128 e. The molecule has 3 N–H and O–H groups in total. The topological polar surface area (TPSA) is 55.5 Å². The lowest BCUT2D eigenvalue weighted by molar-refractivity contribution is 0.160. The average molecular weight is 211 g/mol. The highest BCUT2D eigenvalue weighted by Crippen LogP contribution is 2.34. The number of aliphatic hydroxyl groups excluding tert-OH is 1. The number of hydrogen-bond acceptors (Lipinski definition) is 3. The van der Waals surface area contributed by atoms with Gasteiger partial charge in [-0.1, -0.05) is 18.2 Å². The smallest absolute Gasteiger partial charge is 0.128 e. The molecule has 0 bridgehead atoms. The Hall–Kier alpha value is -0.970. The second-order valence-corrected chi connectivity index (χ2v) is 3.91. The molecule has 1 heterocycles. The van der Waals surface area contributed by atoms with Crippen molar-refractivity contribution in [2.24, 2.45) is 11.7 Å². The number of rotatable bonds is 2. The summed E-state index contributed by atoms with van der Waals surface area (Å²) in [5, 5.41) is 9.17. The number of benzene rings is 1. The molecule has 1 saturated heterocycles. The summed E-state index contributed by atoms with van der Waals surface area (Å²) in [6.07, 6.45) is 0. The maximum atomic E-state index is 13.6. The molecule has 0 aliphatic carbocycles. The maximum absolute atomic E-state index is 13.6. The van der Waals surface area contributed by atoms with E-state index in [4.69, 9.17) is 10.5 Å². The first-order valence-electron chi connectivity index (χ1n) is 4.91. The fraction of sp³-hybridized carbons (Fsp3) is 0.455. The van der Waals surface area contributed by atoms with Crippen LogP contribution < -0.4 is 5.73 Å². The van der Waals surface area contributed by atoms with E-state index in [1.807, 2.05) is 0 Å². The van der Waals surface area contributed by atoms with Gasteiger partial charge in [0.15, 0.2) is 0 Å². The fourth-order valence-electron chi connectivity index (χ4n) is 1.99. The first-order chi connectivity index (χ1) is 7.18. The van der Waals surface area contributed by atoms with E-state index in [9.17, 15) is 9.50 Å². The van der Waals surface area contributed by atoms with E-state index in [0.717, 1.165) is 0 Å². The van der Waals surface area contributed by atoms with Crippen LogP contribution in [0.5, 0.6) is 0 Å². The molecule has 4 heteroatoms. The molecule has 3 nitrogen and oxygen atoms in total. The third-order valence-electron chi connectivity index (χ3n) is 2.98. The van der Waals surface area contributed by atoms with Gasteiger partial charge in [0.05, 0.1) is 25.4 Å². The van der Waals surface area contributed by atoms with Crippen LogP contribution in [0.25, 0.3) is 0 Å². The Kier molecular flexibility index (Phi) is 2.73. The molecular formula is C11H14FNO2. The summed E-state index contributed by atoms with van der Waals surface area (Å²) in [4.78, 5) is 0. The summed E-state index contributed by atoms with van der Waals surface area (Å²) in [5.74, 6) is -0.585. The second-order valence-electron chi connectivity index (χ2n) is 3.91. The van der Waals surface area contributed by atoms with Gasteiger partial charge < -0.3 is 15.6 Å². The van der Waals surface area contributed by atoms with Crippen LogP contribution in [0, 0.1) is 11.7 Å². The molecule has 1 aliphatic rings. The van der Waals surface area contributed by atoms with Crippen molar-refractivity contribution in [2.75, 3.05) is 19.8 Å². The highest BCUT2D eigenvalue weighted by atomic mass is 19.1. The van der Waals surface area contributed by atoms with Gasteiger partial charge in [-0.15, -0.1) is 0 Å². The number of halogens is 1. The molecule has 0 saturated carbocycles. The zero-order chi connectivity index (χ0) is 10.9. The van der Waals surface area contributed by atoms with Crippen LogP contribution >= 0.6 is 0 Å². The van der Waals surface area contributed by atoms with Crippen LogP contribution in [0.3, 0.4) is 0 Å². The average Bonchev–Trinajstić information content (AvgIpc) is 2.61. The molecule has 1 fully saturated rings. The van der Waals surface area contributed by atoms with Crippen molar-refractivity contribution < 1.29 is 14.2 Å². The van der Waals surface area contributed by atoms with Gasteiger partial charge in [0.2, 0.25) is 0 Å². The minimum atomic E-state index is -0.903. The van der Waals surface area contributed by atoms with Crippen LogP contribution in [-0.2, 0) is 10.3 Å². The highest BCUT2D eigenvalue weighted by Gasteiger charge is 2.43. The minimum Gasteiger partial charge on any atom is -0.396 e. The lowest BCUT2D eigenvalue weighted by Crippen LogP contribution is -2.45. The lowest BCUT2D eigenvalue weighted by Gasteiger charge is -2.29. The molecular weight excluding hydrogens is 197 g/mol. The number of aliphatic hydroxyl groups is 1. The Bertz CT molecular complexity index is 358. The molecule has 0 amide bonds. The third-order valence-corrected chi connectivity index (χ3v) is 2.98. The first-order valence-corrected chi connectivity index (χ1v) is 4.91. The first kappa shape index (κ1) is 10.5. The Morgan fingerprint density at radius 2 is 2.27 bits per heavy atom. The molecule has 0 aromatic heterocycles. The molecule has 0 radical (unpaired) electrons. The number of ether oxygens (including phenoxy) is 1. The zero-order valence-electron chi connectivity index (χ0n) is 8.32. The van der Waals surface area contributed by atoms with Gasteiger partial charge in [-0.3, -0.25) is 0 Å². The van der Waals surface area contributed by atoms with Gasteiger partial charge in [-0.25, -0.2) is 4.39 Å². The summed E-state index contributed by atoms with van der Waals surface area (Å²) in [6.45, 7) is 0.533. The molecule has 15 heavy (non-hydrogen) atoms. The van der Waals surface area contributed by atoms with Gasteiger partial charge in [0, 0.05) is 11.5 Å². The van der Waals surface area contributed by atoms with E-state index in [1.54, 1.807) is 18.2 Å². The van der Waals surface area contributed by atoms with Crippen LogP contribution in [0.1, 0.15) is 5.56 Å². The van der Waals surface area contributed by atoms with Crippen molar-refractivity contribution in [2.45, 2.75) is 5.54 Å². The van der Waals surface area contributed by atoms with Crippen LogP contribution in [0.4, 0.5) is 4.39 Å². The van der Waals surface area contributed by atoms with E-state index >= 15 is 0 Å². The minimum absolute atomic E-state index is 0.0924. The van der Waals surface area contributed by atoms with E-state index in [0.29, 0.717) is 12.2 Å². The Labute approximate surface area is 87.7 Å². The van der Waals surface area contributed by atoms with Gasteiger partial charge in [0.1, 0.15) is 5.82 Å². The predicted molar refractivity (Wildman–Crippen MR) is 53.7 cm³/mol. The summed E-state index contributed by atoms with van der Waals surface area (Å²) in [5.41, 5.74) is 5.63. The van der Waals surface area contributed by atoms with Crippen molar-refractivity contribution in [1.82, 2.24) is 0 Å². The molecule has 0 spiro atoms. The summed E-state index contributed by atoms with van der Waals surface area (Å²) in [6, 6.07) is 6.37. The van der Waals surface area contributed by atoms with Crippen molar-refractivity contribution in [1.29, 1.82) is 0 Å². The van der Waals surface area contributed by atoms with E-state index in [2.05, 4.69) is 0 Å². The molecule has 1 aromatic carbocycles. The second kappa shape index (κ2) is 3.89. The van der Waals surface area contributed by atoms with Crippen LogP contribution in [0.15, 0.2) is 24.3 Å². The van der Waals surface area contributed by atoms with Crippen molar-refractivity contribution in [3.63, 3.8) is 0 Å². The quantitative estimate of drug-likeness (QED) is 0.754. The standard InChI is InChI=1S/C11H14FNO2/c12-10-4-2-1-3-9(10)11(13)7-15-6-8(11)5-14/h1-4,8,14H,5-7,13H2. The normalized spacial score (nSPS) is 30.7. The van der Waals surface area contributed by atoms with Crippen LogP contribution in [0.2, 0.25) is 0 Å². The monoisotopic (exact) mass is 211 g/mol. The van der Waals surface area contributed by atoms with Crippen molar-refractivity contribution in [3.05, 3.63) is 35.6 Å². The number of hydrogen-bond donors (Lipinski definition) is 2.